The number of anilines is 1. The van der Waals surface area contributed by atoms with Crippen LogP contribution in [-0.2, 0) is 15.7 Å². The molecule has 1 saturated heterocycles. The third-order valence-corrected chi connectivity index (χ3v) is 4.77. The normalized spacial score (nSPS) is 14.9. The summed E-state index contributed by atoms with van der Waals surface area (Å²) in [5.74, 6) is -0.992. The minimum absolute atomic E-state index is 0.129. The van der Waals surface area contributed by atoms with Crippen LogP contribution >= 0.6 is 0 Å². The zero-order valence-corrected chi connectivity index (χ0v) is 16.7. The highest BCUT2D eigenvalue weighted by atomic mass is 19.4. The lowest BCUT2D eigenvalue weighted by atomic mass is 10.1. The van der Waals surface area contributed by atoms with Crippen molar-refractivity contribution in [1.29, 1.82) is 0 Å². The van der Waals surface area contributed by atoms with Crippen molar-refractivity contribution in [2.75, 3.05) is 51.3 Å². The van der Waals surface area contributed by atoms with Crippen LogP contribution in [0.15, 0.2) is 41.1 Å². The Hall–Kier alpha value is -2.92. The van der Waals surface area contributed by atoms with Gasteiger partial charge in [-0.15, -0.1) is 0 Å². The molecule has 0 unspecified atom stereocenters. The second kappa shape index (κ2) is 10.4. The number of nitrogens with zero attached hydrogens (tertiary/aromatic N) is 3. The molecule has 0 radical (unpaired) electrons. The molecule has 168 valence electrons. The number of morpholine rings is 1. The number of hydrogen-bond acceptors (Lipinski definition) is 6. The first-order chi connectivity index (χ1) is 14.8. The van der Waals surface area contributed by atoms with Crippen LogP contribution in [0.5, 0.6) is 0 Å². The molecule has 11 heteroatoms. The van der Waals surface area contributed by atoms with Crippen molar-refractivity contribution in [3.8, 4) is 0 Å². The molecule has 0 atom stereocenters. The fourth-order valence-corrected chi connectivity index (χ4v) is 3.21. The smallest absolute Gasteiger partial charge is 0.379 e. The number of benzene rings is 1. The molecule has 0 aliphatic carbocycles. The number of hydrogen-bond donors (Lipinski definition) is 1. The van der Waals surface area contributed by atoms with E-state index in [1.54, 1.807) is 0 Å². The molecule has 8 nitrogen and oxygen atoms in total. The Morgan fingerprint density at radius 1 is 1.19 bits per heavy atom. The first-order valence-electron chi connectivity index (χ1n) is 9.80. The lowest BCUT2D eigenvalue weighted by Gasteiger charge is -2.28. The van der Waals surface area contributed by atoms with Crippen molar-refractivity contribution in [2.24, 2.45) is 0 Å². The lowest BCUT2D eigenvalue weighted by molar-refractivity contribution is -0.137. The Kier molecular flexibility index (Phi) is 7.64. The first-order valence-corrected chi connectivity index (χ1v) is 9.80. The van der Waals surface area contributed by atoms with Crippen LogP contribution in [0.4, 0.5) is 19.0 Å². The number of nitrogens with one attached hydrogen (secondary N) is 1. The monoisotopic (exact) mass is 440 g/mol. The highest BCUT2D eigenvalue weighted by molar-refractivity contribution is 5.99. The predicted molar refractivity (Wildman–Crippen MR) is 104 cm³/mol. The van der Waals surface area contributed by atoms with E-state index >= 15 is 0 Å². The fourth-order valence-electron chi connectivity index (χ4n) is 3.21. The largest absolute Gasteiger partial charge is 0.416 e. The summed E-state index contributed by atoms with van der Waals surface area (Å²) in [5, 5.41) is 6.06. The van der Waals surface area contributed by atoms with Crippen molar-refractivity contribution < 1.29 is 32.0 Å². The van der Waals surface area contributed by atoms with E-state index in [1.165, 1.54) is 29.4 Å². The average molecular weight is 440 g/mol. The number of carbonyl (C=O) groups is 2. The van der Waals surface area contributed by atoms with Gasteiger partial charge in [-0.3, -0.25) is 14.5 Å². The molecule has 0 bridgehead atoms. The van der Waals surface area contributed by atoms with Crippen molar-refractivity contribution in [3.05, 3.63) is 47.7 Å². The zero-order valence-electron chi connectivity index (χ0n) is 16.7. The summed E-state index contributed by atoms with van der Waals surface area (Å²) >= 11 is 0. The van der Waals surface area contributed by atoms with Crippen LogP contribution in [0.2, 0.25) is 0 Å². The summed E-state index contributed by atoms with van der Waals surface area (Å²) in [6.45, 7) is 3.37. The quantitative estimate of drug-likeness (QED) is 0.679. The van der Waals surface area contributed by atoms with Crippen LogP contribution in [0.25, 0.3) is 0 Å². The Bertz CT molecular complexity index is 868. The van der Waals surface area contributed by atoms with Gasteiger partial charge in [0.2, 0.25) is 5.91 Å². The maximum Gasteiger partial charge on any atom is 0.416 e. The minimum atomic E-state index is -4.57. The number of carbonyl (C=O) groups excluding carboxylic acids is 2. The van der Waals surface area contributed by atoms with Gasteiger partial charge in [0, 0.05) is 37.8 Å². The summed E-state index contributed by atoms with van der Waals surface area (Å²) in [5.41, 5.74) is -1.05. The molecule has 1 N–H and O–H groups in total. The van der Waals surface area contributed by atoms with Crippen LogP contribution in [-0.4, -0.2) is 72.7 Å². The number of ether oxygens (including phenoxy) is 1. The van der Waals surface area contributed by atoms with Gasteiger partial charge in [0.05, 0.1) is 18.8 Å². The summed E-state index contributed by atoms with van der Waals surface area (Å²) in [6, 6.07) is 5.62. The van der Waals surface area contributed by atoms with Crippen molar-refractivity contribution >= 4 is 17.6 Å². The Morgan fingerprint density at radius 2 is 1.97 bits per heavy atom. The molecule has 0 saturated carbocycles. The summed E-state index contributed by atoms with van der Waals surface area (Å²) in [6.07, 6.45) is -2.73. The van der Waals surface area contributed by atoms with E-state index in [-0.39, 0.29) is 24.5 Å². The molecule has 1 aromatic carbocycles. The van der Waals surface area contributed by atoms with Gasteiger partial charge in [0.15, 0.2) is 5.82 Å². The van der Waals surface area contributed by atoms with Gasteiger partial charge < -0.3 is 19.5 Å². The molecular weight excluding hydrogens is 417 g/mol. The van der Waals surface area contributed by atoms with E-state index in [0.717, 1.165) is 25.2 Å². The Morgan fingerprint density at radius 3 is 2.65 bits per heavy atom. The van der Waals surface area contributed by atoms with E-state index < -0.39 is 23.6 Å². The molecule has 2 heterocycles. The molecule has 1 aliphatic rings. The van der Waals surface area contributed by atoms with E-state index in [0.29, 0.717) is 26.2 Å². The number of aromatic nitrogens is 1. The van der Waals surface area contributed by atoms with Crippen molar-refractivity contribution in [1.82, 2.24) is 15.0 Å². The molecule has 2 amide bonds. The van der Waals surface area contributed by atoms with Crippen LogP contribution in [0.3, 0.4) is 0 Å². The summed E-state index contributed by atoms with van der Waals surface area (Å²) in [4.78, 5) is 28.7. The third kappa shape index (κ3) is 6.79. The minimum Gasteiger partial charge on any atom is -0.379 e. The number of halogens is 3. The SMILES string of the molecule is O=C(CN(CCCN1CCOCC1)C(=O)c1cccc(C(F)(F)F)c1)Nc1ccon1. The average Bonchev–Trinajstić information content (AvgIpc) is 3.25. The number of alkyl halides is 3. The highest BCUT2D eigenvalue weighted by Crippen LogP contribution is 2.29. The Labute approximate surface area is 176 Å². The Balaban J connectivity index is 1.68. The van der Waals surface area contributed by atoms with Gasteiger partial charge in [-0.05, 0) is 24.6 Å². The lowest BCUT2D eigenvalue weighted by Crippen LogP contribution is -2.41. The molecule has 1 fully saturated rings. The van der Waals surface area contributed by atoms with Gasteiger partial charge >= 0.3 is 6.18 Å². The summed E-state index contributed by atoms with van der Waals surface area (Å²) in [7, 11) is 0. The highest BCUT2D eigenvalue weighted by Gasteiger charge is 2.31. The molecule has 31 heavy (non-hydrogen) atoms. The summed E-state index contributed by atoms with van der Waals surface area (Å²) < 4.78 is 49.1. The second-order valence-corrected chi connectivity index (χ2v) is 7.05. The maximum atomic E-state index is 13.0. The fraction of sp³-hybridized carbons (Fsp3) is 0.450. The van der Waals surface area contributed by atoms with E-state index in [2.05, 4.69) is 19.9 Å². The maximum absolute atomic E-state index is 13.0. The molecule has 3 rings (SSSR count). The van der Waals surface area contributed by atoms with Gasteiger partial charge in [-0.1, -0.05) is 11.2 Å². The van der Waals surface area contributed by atoms with Gasteiger partial charge in [-0.2, -0.15) is 13.2 Å². The van der Waals surface area contributed by atoms with Crippen LogP contribution in [0, 0.1) is 0 Å². The molecule has 0 spiro atoms. The molecule has 2 aromatic rings. The van der Waals surface area contributed by atoms with Crippen molar-refractivity contribution in [3.63, 3.8) is 0 Å². The second-order valence-electron chi connectivity index (χ2n) is 7.05. The van der Waals surface area contributed by atoms with E-state index in [9.17, 15) is 22.8 Å². The topological polar surface area (TPSA) is 87.9 Å². The van der Waals surface area contributed by atoms with Crippen molar-refractivity contribution in [2.45, 2.75) is 12.6 Å². The predicted octanol–water partition coefficient (Wildman–Crippen LogP) is 2.50. The van der Waals surface area contributed by atoms with Gasteiger partial charge in [0.1, 0.15) is 12.8 Å². The number of amides is 2. The van der Waals surface area contributed by atoms with Crippen LogP contribution in [0.1, 0.15) is 22.3 Å². The first kappa shape index (κ1) is 22.8. The van der Waals surface area contributed by atoms with Crippen LogP contribution < -0.4 is 5.32 Å². The number of rotatable bonds is 8. The molecule has 1 aliphatic heterocycles. The zero-order chi connectivity index (χ0) is 22.3. The third-order valence-electron chi connectivity index (χ3n) is 4.77. The molecule has 1 aromatic heterocycles. The van der Waals surface area contributed by atoms with Gasteiger partial charge in [-0.25, -0.2) is 0 Å². The molecular formula is C20H23F3N4O4. The van der Waals surface area contributed by atoms with E-state index in [1.807, 2.05) is 0 Å². The van der Waals surface area contributed by atoms with Gasteiger partial charge in [0.25, 0.3) is 5.91 Å². The standard InChI is InChI=1S/C20H23F3N4O4/c21-20(22,23)16-4-1-3-15(13-16)19(29)27(7-2-6-26-8-11-30-12-9-26)14-18(28)24-17-5-10-31-25-17/h1,3-5,10,13H,2,6-9,11-12,14H2,(H,24,25,28). The van der Waals surface area contributed by atoms with E-state index in [4.69, 9.17) is 4.74 Å².